The van der Waals surface area contributed by atoms with Crippen LogP contribution in [0, 0.1) is 5.82 Å². The molecule has 15 heavy (non-hydrogen) atoms. The molecule has 5 heteroatoms. The highest BCUT2D eigenvalue weighted by Gasteiger charge is 2.04. The predicted octanol–water partition coefficient (Wildman–Crippen LogP) is 1.28. The number of aromatic nitrogens is 2. The molecule has 0 aliphatic carbocycles. The Bertz CT molecular complexity index is 531. The molecule has 2 rings (SSSR count). The second kappa shape index (κ2) is 3.53. The van der Waals surface area contributed by atoms with Crippen LogP contribution in [0.4, 0.5) is 4.39 Å². The molecular formula is C10H7FN2O2. The fourth-order valence-corrected chi connectivity index (χ4v) is 1.18. The number of H-pyrrole nitrogens is 1. The van der Waals surface area contributed by atoms with E-state index >= 15 is 0 Å². The van der Waals surface area contributed by atoms with Crippen LogP contribution in [0.1, 0.15) is 0 Å². The Hall–Kier alpha value is -2.17. The third kappa shape index (κ3) is 1.85. The molecular weight excluding hydrogens is 199 g/mol. The Balaban J connectivity index is 2.50. The van der Waals surface area contributed by atoms with Gasteiger partial charge in [-0.15, -0.1) is 0 Å². The van der Waals surface area contributed by atoms with Gasteiger partial charge in [-0.25, -0.2) is 9.49 Å². The molecule has 4 nitrogen and oxygen atoms in total. The number of phenols is 1. The van der Waals surface area contributed by atoms with E-state index < -0.39 is 11.6 Å². The normalized spacial score (nSPS) is 10.2. The molecule has 0 fully saturated rings. The Kier molecular flexibility index (Phi) is 2.21. The molecule has 0 saturated carbocycles. The molecule has 0 atom stereocenters. The molecule has 0 aliphatic rings. The van der Waals surface area contributed by atoms with E-state index in [1.807, 2.05) is 0 Å². The highest BCUT2D eigenvalue weighted by molar-refractivity contribution is 5.60. The number of nitrogens with one attached hydrogen (secondary N) is 1. The zero-order chi connectivity index (χ0) is 10.8. The molecule has 1 aromatic heterocycles. The number of benzene rings is 1. The van der Waals surface area contributed by atoms with E-state index in [9.17, 15) is 9.18 Å². The lowest BCUT2D eigenvalue weighted by Crippen LogP contribution is -2.05. The summed E-state index contributed by atoms with van der Waals surface area (Å²) in [5.41, 5.74) is 0.681. The summed E-state index contributed by atoms with van der Waals surface area (Å²) in [7, 11) is 0. The largest absolute Gasteiger partial charge is 0.505 e. The maximum atomic E-state index is 12.8. The Morgan fingerprint density at radius 1 is 1.27 bits per heavy atom. The number of phenolic OH excluding ortho intramolecular Hbond substituents is 1. The fraction of sp³-hybridized carbons (Fsp3) is 0. The Labute approximate surface area is 84.0 Å². The van der Waals surface area contributed by atoms with Crippen LogP contribution < -0.4 is 5.56 Å². The van der Waals surface area contributed by atoms with E-state index in [0.29, 0.717) is 11.3 Å². The van der Waals surface area contributed by atoms with Gasteiger partial charge in [0.05, 0.1) is 5.69 Å². The maximum absolute atomic E-state index is 12.8. The van der Waals surface area contributed by atoms with E-state index in [1.165, 1.54) is 24.3 Å². The first-order valence-corrected chi connectivity index (χ1v) is 4.21. The fourth-order valence-electron chi connectivity index (χ4n) is 1.18. The summed E-state index contributed by atoms with van der Waals surface area (Å²) in [6, 6.07) is 6.65. The molecule has 1 heterocycles. The number of hydrogen-bond acceptors (Lipinski definition) is 3. The number of nitrogens with zero attached hydrogens (tertiary/aromatic N) is 1. The van der Waals surface area contributed by atoms with Crippen LogP contribution in [-0.2, 0) is 0 Å². The number of aromatic amines is 1. The Morgan fingerprint density at radius 2 is 2.07 bits per heavy atom. The minimum Gasteiger partial charge on any atom is -0.505 e. The smallest absolute Gasteiger partial charge is 0.264 e. The van der Waals surface area contributed by atoms with Crippen molar-refractivity contribution in [2.45, 2.75) is 0 Å². The van der Waals surface area contributed by atoms with E-state index in [4.69, 9.17) is 5.11 Å². The van der Waals surface area contributed by atoms with Gasteiger partial charge in [0.15, 0.2) is 11.6 Å². The molecule has 2 aromatic rings. The van der Waals surface area contributed by atoms with Gasteiger partial charge < -0.3 is 5.11 Å². The number of aromatic hydroxyl groups is 1. The summed E-state index contributed by atoms with van der Waals surface area (Å²) in [6.07, 6.45) is 0. The third-order valence-electron chi connectivity index (χ3n) is 1.92. The van der Waals surface area contributed by atoms with E-state index in [2.05, 4.69) is 10.2 Å². The van der Waals surface area contributed by atoms with Gasteiger partial charge in [0.25, 0.3) is 5.56 Å². The van der Waals surface area contributed by atoms with Crippen molar-refractivity contribution in [2.24, 2.45) is 0 Å². The lowest BCUT2D eigenvalue weighted by molar-refractivity contribution is 0.432. The van der Waals surface area contributed by atoms with Crippen molar-refractivity contribution in [1.29, 1.82) is 0 Å². The van der Waals surface area contributed by atoms with Crippen LogP contribution >= 0.6 is 0 Å². The van der Waals surface area contributed by atoms with Crippen molar-refractivity contribution in [2.75, 3.05) is 0 Å². The van der Waals surface area contributed by atoms with Gasteiger partial charge in [-0.05, 0) is 24.3 Å². The van der Waals surface area contributed by atoms with Crippen molar-refractivity contribution in [3.63, 3.8) is 0 Å². The summed E-state index contributed by atoms with van der Waals surface area (Å²) >= 11 is 0. The number of rotatable bonds is 1. The summed E-state index contributed by atoms with van der Waals surface area (Å²) in [5.74, 6) is -1.14. The van der Waals surface area contributed by atoms with E-state index in [-0.39, 0.29) is 5.56 Å². The molecule has 1 aromatic carbocycles. The molecule has 2 N–H and O–H groups in total. The maximum Gasteiger partial charge on any atom is 0.264 e. The molecule has 0 bridgehead atoms. The summed E-state index contributed by atoms with van der Waals surface area (Å²) in [5, 5.41) is 15.1. The second-order valence-corrected chi connectivity index (χ2v) is 2.97. The lowest BCUT2D eigenvalue weighted by Gasteiger charge is -2.00. The van der Waals surface area contributed by atoms with Crippen molar-refractivity contribution in [3.8, 4) is 17.0 Å². The highest BCUT2D eigenvalue weighted by atomic mass is 19.1. The van der Waals surface area contributed by atoms with E-state index in [1.54, 1.807) is 0 Å². The first-order chi connectivity index (χ1) is 7.16. The average Bonchev–Trinajstić information content (AvgIpc) is 2.23. The van der Waals surface area contributed by atoms with Gasteiger partial charge in [-0.1, -0.05) is 0 Å². The number of hydrogen-bond donors (Lipinski definition) is 2. The summed E-state index contributed by atoms with van der Waals surface area (Å²) in [6.45, 7) is 0. The van der Waals surface area contributed by atoms with Crippen LogP contribution in [0.2, 0.25) is 0 Å². The minimum absolute atomic E-state index is 0.315. The monoisotopic (exact) mass is 206 g/mol. The summed E-state index contributed by atoms with van der Waals surface area (Å²) < 4.78 is 12.8. The highest BCUT2D eigenvalue weighted by Crippen LogP contribution is 2.22. The predicted molar refractivity (Wildman–Crippen MR) is 51.9 cm³/mol. The van der Waals surface area contributed by atoms with Crippen LogP contribution in [0.25, 0.3) is 11.3 Å². The van der Waals surface area contributed by atoms with Gasteiger partial charge >= 0.3 is 0 Å². The van der Waals surface area contributed by atoms with Crippen LogP contribution in [-0.4, -0.2) is 15.3 Å². The average molecular weight is 206 g/mol. The quantitative estimate of drug-likeness (QED) is 0.738. The SMILES string of the molecule is O=c1ccc(-c2ccc(F)c(O)c2)n[nH]1. The van der Waals surface area contributed by atoms with Crippen molar-refractivity contribution in [1.82, 2.24) is 10.2 Å². The van der Waals surface area contributed by atoms with Gasteiger partial charge in [0.2, 0.25) is 0 Å². The topological polar surface area (TPSA) is 66.0 Å². The van der Waals surface area contributed by atoms with E-state index in [0.717, 1.165) is 6.07 Å². The standard InChI is InChI=1S/C10H7FN2O2/c11-7-2-1-6(5-9(7)14)8-3-4-10(15)13-12-8/h1-5,14H,(H,13,15). The molecule has 0 unspecified atom stereocenters. The van der Waals surface area contributed by atoms with Crippen LogP contribution in [0.5, 0.6) is 5.75 Å². The molecule has 0 saturated heterocycles. The zero-order valence-corrected chi connectivity index (χ0v) is 7.57. The van der Waals surface area contributed by atoms with Crippen molar-refractivity contribution < 1.29 is 9.50 Å². The van der Waals surface area contributed by atoms with Gasteiger partial charge in [0, 0.05) is 11.6 Å². The first kappa shape index (κ1) is 9.39. The Morgan fingerprint density at radius 3 is 2.67 bits per heavy atom. The van der Waals surface area contributed by atoms with Crippen molar-refractivity contribution >= 4 is 0 Å². The van der Waals surface area contributed by atoms with Gasteiger partial charge in [0.1, 0.15) is 0 Å². The van der Waals surface area contributed by atoms with Crippen molar-refractivity contribution in [3.05, 3.63) is 46.5 Å². The molecule has 76 valence electrons. The number of halogens is 1. The molecule has 0 amide bonds. The first-order valence-electron chi connectivity index (χ1n) is 4.21. The van der Waals surface area contributed by atoms with Gasteiger partial charge in [-0.3, -0.25) is 4.79 Å². The molecule has 0 radical (unpaired) electrons. The van der Waals surface area contributed by atoms with Crippen LogP contribution in [0.3, 0.4) is 0 Å². The zero-order valence-electron chi connectivity index (χ0n) is 7.57. The van der Waals surface area contributed by atoms with Crippen LogP contribution in [0.15, 0.2) is 35.1 Å². The molecule has 0 spiro atoms. The third-order valence-corrected chi connectivity index (χ3v) is 1.92. The molecule has 0 aliphatic heterocycles. The van der Waals surface area contributed by atoms with Gasteiger partial charge in [-0.2, -0.15) is 5.10 Å². The minimum atomic E-state index is -0.692. The summed E-state index contributed by atoms with van der Waals surface area (Å²) in [4.78, 5) is 10.7. The lowest BCUT2D eigenvalue weighted by atomic mass is 10.1. The second-order valence-electron chi connectivity index (χ2n) is 2.97.